The number of amides is 1. The Morgan fingerprint density at radius 3 is 2.31 bits per heavy atom. The molecule has 0 bridgehead atoms. The number of anilines is 1. The highest BCUT2D eigenvalue weighted by atomic mass is 35.5. The van der Waals surface area contributed by atoms with Gasteiger partial charge < -0.3 is 15.1 Å². The maximum atomic E-state index is 11.0. The number of carbonyl (C=O) groups is 1. The average molecular weight is 391 g/mol. The van der Waals surface area contributed by atoms with Crippen LogP contribution in [-0.2, 0) is 17.9 Å². The predicted octanol–water partition coefficient (Wildman–Crippen LogP) is 5.27. The Balaban J connectivity index is 0.00000243. The van der Waals surface area contributed by atoms with E-state index in [2.05, 4.69) is 10.6 Å². The van der Waals surface area contributed by atoms with Gasteiger partial charge in [0.2, 0.25) is 5.91 Å². The number of hydrogen-bond donors (Lipinski definition) is 2. The Hall–Kier alpha value is -2.27. The van der Waals surface area contributed by atoms with E-state index in [1.54, 1.807) is 0 Å². The third-order valence-electron chi connectivity index (χ3n) is 3.69. The smallest absolute Gasteiger partial charge is 0.221 e. The van der Waals surface area contributed by atoms with E-state index in [1.165, 1.54) is 6.92 Å². The SMILES string of the molecule is CC(=O)Nc1ccc(CNCc2ccc(-c3ccc(Cl)cc3)o2)cc1.Cl. The fourth-order valence-corrected chi connectivity index (χ4v) is 2.61. The van der Waals surface area contributed by atoms with Crippen LogP contribution in [0.4, 0.5) is 5.69 Å². The number of halogens is 2. The first-order valence-electron chi connectivity index (χ1n) is 8.02. The highest BCUT2D eigenvalue weighted by molar-refractivity contribution is 6.30. The van der Waals surface area contributed by atoms with Gasteiger partial charge in [-0.05, 0) is 54.1 Å². The first kappa shape index (κ1) is 20.0. The summed E-state index contributed by atoms with van der Waals surface area (Å²) < 4.78 is 5.86. The Morgan fingerprint density at radius 2 is 1.65 bits per heavy atom. The zero-order chi connectivity index (χ0) is 17.6. The van der Waals surface area contributed by atoms with Gasteiger partial charge in [0, 0.05) is 29.7 Å². The summed E-state index contributed by atoms with van der Waals surface area (Å²) >= 11 is 5.90. The highest BCUT2D eigenvalue weighted by Gasteiger charge is 2.05. The van der Waals surface area contributed by atoms with Gasteiger partial charge in [-0.2, -0.15) is 0 Å². The van der Waals surface area contributed by atoms with E-state index in [9.17, 15) is 4.79 Å². The van der Waals surface area contributed by atoms with Gasteiger partial charge in [0.15, 0.2) is 0 Å². The summed E-state index contributed by atoms with van der Waals surface area (Å²) in [5, 5.41) is 6.81. The van der Waals surface area contributed by atoms with Crippen LogP contribution in [-0.4, -0.2) is 5.91 Å². The maximum Gasteiger partial charge on any atom is 0.221 e. The lowest BCUT2D eigenvalue weighted by Gasteiger charge is -2.06. The zero-order valence-corrected chi connectivity index (χ0v) is 15.9. The van der Waals surface area contributed by atoms with Crippen molar-refractivity contribution in [3.05, 3.63) is 77.0 Å². The monoisotopic (exact) mass is 390 g/mol. The molecule has 1 amide bonds. The molecule has 4 nitrogen and oxygen atoms in total. The van der Waals surface area contributed by atoms with Crippen LogP contribution >= 0.6 is 24.0 Å². The second-order valence-electron chi connectivity index (χ2n) is 5.75. The summed E-state index contributed by atoms with van der Waals surface area (Å²) in [5.41, 5.74) is 2.94. The van der Waals surface area contributed by atoms with E-state index in [4.69, 9.17) is 16.0 Å². The molecule has 0 saturated heterocycles. The van der Waals surface area contributed by atoms with Crippen LogP contribution in [0.1, 0.15) is 18.2 Å². The normalized spacial score (nSPS) is 10.2. The van der Waals surface area contributed by atoms with Crippen LogP contribution in [0.2, 0.25) is 5.02 Å². The first-order valence-corrected chi connectivity index (χ1v) is 8.40. The lowest BCUT2D eigenvalue weighted by atomic mass is 10.2. The van der Waals surface area contributed by atoms with Crippen LogP contribution in [0.25, 0.3) is 11.3 Å². The molecule has 6 heteroatoms. The van der Waals surface area contributed by atoms with Crippen molar-refractivity contribution in [1.29, 1.82) is 0 Å². The number of hydrogen-bond acceptors (Lipinski definition) is 3. The molecule has 0 aliphatic heterocycles. The molecule has 1 heterocycles. The number of rotatable bonds is 6. The molecule has 2 aromatic carbocycles. The van der Waals surface area contributed by atoms with Crippen LogP contribution in [0, 0.1) is 0 Å². The van der Waals surface area contributed by atoms with Crippen molar-refractivity contribution in [3.63, 3.8) is 0 Å². The fraction of sp³-hybridized carbons (Fsp3) is 0.150. The second-order valence-corrected chi connectivity index (χ2v) is 6.19. The van der Waals surface area contributed by atoms with E-state index < -0.39 is 0 Å². The molecule has 0 saturated carbocycles. The highest BCUT2D eigenvalue weighted by Crippen LogP contribution is 2.23. The zero-order valence-electron chi connectivity index (χ0n) is 14.3. The minimum absolute atomic E-state index is 0. The minimum atomic E-state index is -0.0693. The summed E-state index contributed by atoms with van der Waals surface area (Å²) in [6.45, 7) is 2.86. The van der Waals surface area contributed by atoms with Gasteiger partial charge >= 0.3 is 0 Å². The minimum Gasteiger partial charge on any atom is -0.460 e. The Bertz CT molecular complexity index is 843. The van der Waals surface area contributed by atoms with Crippen LogP contribution < -0.4 is 10.6 Å². The molecular weight excluding hydrogens is 371 g/mol. The van der Waals surface area contributed by atoms with Crippen molar-refractivity contribution in [2.75, 3.05) is 5.32 Å². The lowest BCUT2D eigenvalue weighted by Crippen LogP contribution is -2.12. The Labute approximate surface area is 164 Å². The van der Waals surface area contributed by atoms with Crippen molar-refractivity contribution >= 4 is 35.6 Å². The molecule has 0 aliphatic carbocycles. The van der Waals surface area contributed by atoms with Crippen molar-refractivity contribution < 1.29 is 9.21 Å². The molecule has 0 radical (unpaired) electrons. The number of furan rings is 1. The summed E-state index contributed by atoms with van der Waals surface area (Å²) in [7, 11) is 0. The quantitative estimate of drug-likeness (QED) is 0.602. The predicted molar refractivity (Wildman–Crippen MR) is 108 cm³/mol. The molecule has 0 unspecified atom stereocenters. The van der Waals surface area contributed by atoms with Gasteiger partial charge in [0.05, 0.1) is 6.54 Å². The van der Waals surface area contributed by atoms with Crippen molar-refractivity contribution in [2.45, 2.75) is 20.0 Å². The standard InChI is InChI=1S/C20H19ClN2O2.ClH/c1-14(24)23-18-8-2-15(3-9-18)12-22-13-19-10-11-20(25-19)16-4-6-17(21)7-5-16;/h2-11,22H,12-13H2,1H3,(H,23,24);1H. The molecule has 26 heavy (non-hydrogen) atoms. The molecular formula is C20H20Cl2N2O2. The third kappa shape index (κ3) is 5.63. The van der Waals surface area contributed by atoms with E-state index in [0.717, 1.165) is 34.9 Å². The van der Waals surface area contributed by atoms with E-state index in [0.29, 0.717) is 11.6 Å². The average Bonchev–Trinajstić information content (AvgIpc) is 3.05. The summed E-state index contributed by atoms with van der Waals surface area (Å²) in [4.78, 5) is 11.0. The summed E-state index contributed by atoms with van der Waals surface area (Å²) in [6, 6.07) is 19.3. The van der Waals surface area contributed by atoms with Crippen LogP contribution in [0.5, 0.6) is 0 Å². The molecule has 3 aromatic rings. The van der Waals surface area contributed by atoms with Gasteiger partial charge in [-0.1, -0.05) is 23.7 Å². The molecule has 1 aromatic heterocycles. The van der Waals surface area contributed by atoms with Gasteiger partial charge in [0.25, 0.3) is 0 Å². The molecule has 3 rings (SSSR count). The Morgan fingerprint density at radius 1 is 0.962 bits per heavy atom. The molecule has 0 aliphatic rings. The van der Waals surface area contributed by atoms with Crippen molar-refractivity contribution in [2.24, 2.45) is 0 Å². The van der Waals surface area contributed by atoms with Gasteiger partial charge in [-0.3, -0.25) is 4.79 Å². The Kier molecular flexibility index (Phi) is 7.27. The molecule has 2 N–H and O–H groups in total. The van der Waals surface area contributed by atoms with Crippen molar-refractivity contribution in [1.82, 2.24) is 5.32 Å². The third-order valence-corrected chi connectivity index (χ3v) is 3.95. The molecule has 0 atom stereocenters. The van der Waals surface area contributed by atoms with Crippen LogP contribution in [0.3, 0.4) is 0 Å². The topological polar surface area (TPSA) is 54.3 Å². The fourth-order valence-electron chi connectivity index (χ4n) is 2.48. The van der Waals surface area contributed by atoms with Crippen LogP contribution in [0.15, 0.2) is 65.1 Å². The number of nitrogens with one attached hydrogen (secondary N) is 2. The van der Waals surface area contributed by atoms with E-state index in [1.807, 2.05) is 60.7 Å². The van der Waals surface area contributed by atoms with E-state index >= 15 is 0 Å². The summed E-state index contributed by atoms with van der Waals surface area (Å²) in [5.74, 6) is 1.63. The van der Waals surface area contributed by atoms with Gasteiger partial charge in [-0.25, -0.2) is 0 Å². The number of benzene rings is 2. The second kappa shape index (κ2) is 9.43. The largest absolute Gasteiger partial charge is 0.460 e. The first-order chi connectivity index (χ1) is 12.1. The van der Waals surface area contributed by atoms with Gasteiger partial charge in [-0.15, -0.1) is 12.4 Å². The number of carbonyl (C=O) groups excluding carboxylic acids is 1. The van der Waals surface area contributed by atoms with Crippen molar-refractivity contribution in [3.8, 4) is 11.3 Å². The van der Waals surface area contributed by atoms with Gasteiger partial charge in [0.1, 0.15) is 11.5 Å². The molecule has 136 valence electrons. The molecule has 0 spiro atoms. The van der Waals surface area contributed by atoms with E-state index in [-0.39, 0.29) is 18.3 Å². The molecule has 0 fully saturated rings. The summed E-state index contributed by atoms with van der Waals surface area (Å²) in [6.07, 6.45) is 0. The lowest BCUT2D eigenvalue weighted by molar-refractivity contribution is -0.114. The maximum absolute atomic E-state index is 11.0.